The lowest BCUT2D eigenvalue weighted by atomic mass is 9.83. The van der Waals surface area contributed by atoms with Crippen LogP contribution in [0.3, 0.4) is 0 Å². The minimum atomic E-state index is -0.419. The lowest BCUT2D eigenvalue weighted by Crippen LogP contribution is -2.31. The maximum absolute atomic E-state index is 11.1. The van der Waals surface area contributed by atoms with Crippen LogP contribution >= 0.6 is 0 Å². The molecule has 1 aromatic carbocycles. The number of nitro groups is 1. The molecule has 0 N–H and O–H groups in total. The predicted molar refractivity (Wildman–Crippen MR) is 60.7 cm³/mol. The fraction of sp³-hybridized carbons (Fsp3) is 0.385. The van der Waals surface area contributed by atoms with Crippen LogP contribution in [0.1, 0.15) is 17.9 Å². The second-order valence-corrected chi connectivity index (χ2v) is 4.66. The van der Waals surface area contributed by atoms with Gasteiger partial charge in [-0.15, -0.1) is 0 Å². The van der Waals surface area contributed by atoms with Crippen molar-refractivity contribution in [3.63, 3.8) is 0 Å². The quantitative estimate of drug-likeness (QED) is 0.432. The van der Waals surface area contributed by atoms with Crippen LogP contribution < -0.4 is 0 Å². The SMILES string of the molecule is O=[N+]([O-])[C@@H]1[C@H](c2ccccc2)[C@@H]2C=C[C@H]1C2. The normalized spacial score (nSPS) is 35.5. The molecule has 0 amide bonds. The van der Waals surface area contributed by atoms with E-state index in [2.05, 4.69) is 6.08 Å². The molecule has 1 fully saturated rings. The molecule has 4 atom stereocenters. The van der Waals surface area contributed by atoms with Gasteiger partial charge in [0, 0.05) is 10.8 Å². The summed E-state index contributed by atoms with van der Waals surface area (Å²) in [5.74, 6) is 0.583. The number of fused-ring (bicyclic) bond motifs is 2. The van der Waals surface area contributed by atoms with Crippen LogP contribution in [0.2, 0.25) is 0 Å². The highest BCUT2D eigenvalue weighted by molar-refractivity contribution is 5.29. The van der Waals surface area contributed by atoms with Gasteiger partial charge in [-0.25, -0.2) is 0 Å². The summed E-state index contributed by atoms with van der Waals surface area (Å²) in [7, 11) is 0. The van der Waals surface area contributed by atoms with Crippen molar-refractivity contribution in [2.45, 2.75) is 18.4 Å². The smallest absolute Gasteiger partial charge is 0.226 e. The summed E-state index contributed by atoms with van der Waals surface area (Å²) in [4.78, 5) is 11.1. The number of rotatable bonds is 2. The molecular formula is C13H13NO2. The first-order valence-corrected chi connectivity index (χ1v) is 5.64. The Hall–Kier alpha value is -1.64. The molecule has 3 nitrogen and oxygen atoms in total. The summed E-state index contributed by atoms with van der Waals surface area (Å²) in [6.07, 6.45) is 5.13. The van der Waals surface area contributed by atoms with E-state index in [0.29, 0.717) is 5.92 Å². The third-order valence-electron chi connectivity index (χ3n) is 3.85. The van der Waals surface area contributed by atoms with Gasteiger partial charge >= 0.3 is 0 Å². The van der Waals surface area contributed by atoms with E-state index in [0.717, 1.165) is 12.0 Å². The fourth-order valence-electron chi connectivity index (χ4n) is 3.20. The van der Waals surface area contributed by atoms with E-state index in [9.17, 15) is 10.1 Å². The summed E-state index contributed by atoms with van der Waals surface area (Å²) in [5, 5.41) is 11.1. The molecule has 0 aromatic heterocycles. The fourth-order valence-corrected chi connectivity index (χ4v) is 3.20. The minimum absolute atomic E-state index is 0.0752. The molecule has 0 aliphatic heterocycles. The van der Waals surface area contributed by atoms with Gasteiger partial charge in [0.05, 0.1) is 5.92 Å². The zero-order valence-corrected chi connectivity index (χ0v) is 8.82. The van der Waals surface area contributed by atoms with E-state index in [-0.39, 0.29) is 16.8 Å². The van der Waals surface area contributed by atoms with E-state index in [1.807, 2.05) is 36.4 Å². The number of benzene rings is 1. The summed E-state index contributed by atoms with van der Waals surface area (Å²) in [6.45, 7) is 0. The number of allylic oxidation sites excluding steroid dienone is 1. The molecule has 1 aromatic rings. The van der Waals surface area contributed by atoms with Crippen molar-refractivity contribution in [1.82, 2.24) is 0 Å². The van der Waals surface area contributed by atoms with Gasteiger partial charge < -0.3 is 0 Å². The van der Waals surface area contributed by atoms with Crippen molar-refractivity contribution in [1.29, 1.82) is 0 Å². The highest BCUT2D eigenvalue weighted by Crippen LogP contribution is 2.49. The summed E-state index contributed by atoms with van der Waals surface area (Å²) in [6, 6.07) is 9.47. The summed E-state index contributed by atoms with van der Waals surface area (Å²) >= 11 is 0. The third kappa shape index (κ3) is 1.28. The zero-order valence-electron chi connectivity index (χ0n) is 8.82. The van der Waals surface area contributed by atoms with Crippen LogP contribution in [-0.2, 0) is 0 Å². The average molecular weight is 215 g/mol. The van der Waals surface area contributed by atoms with Gasteiger partial charge in [-0.1, -0.05) is 42.5 Å². The van der Waals surface area contributed by atoms with Gasteiger partial charge in [-0.05, 0) is 17.9 Å². The standard InChI is InChI=1S/C13H13NO2/c15-14(16)13-11-7-6-10(8-11)12(13)9-4-2-1-3-5-9/h1-7,10-13H,8H2/t10-,11+,12-,13+/m1/s1. The van der Waals surface area contributed by atoms with Crippen LogP contribution in [-0.4, -0.2) is 11.0 Å². The Morgan fingerprint density at radius 2 is 1.81 bits per heavy atom. The molecule has 2 bridgehead atoms. The monoisotopic (exact) mass is 215 g/mol. The number of nitrogens with zero attached hydrogens (tertiary/aromatic N) is 1. The molecule has 0 spiro atoms. The molecule has 0 unspecified atom stereocenters. The zero-order chi connectivity index (χ0) is 11.1. The third-order valence-corrected chi connectivity index (χ3v) is 3.85. The van der Waals surface area contributed by atoms with Gasteiger partial charge in [0.2, 0.25) is 6.04 Å². The van der Waals surface area contributed by atoms with Crippen molar-refractivity contribution in [3.8, 4) is 0 Å². The molecule has 16 heavy (non-hydrogen) atoms. The lowest BCUT2D eigenvalue weighted by Gasteiger charge is -2.21. The Morgan fingerprint density at radius 1 is 1.12 bits per heavy atom. The largest absolute Gasteiger partial charge is 0.264 e. The second kappa shape index (κ2) is 3.44. The van der Waals surface area contributed by atoms with Gasteiger partial charge in [-0.2, -0.15) is 0 Å². The Kier molecular flexibility index (Phi) is 2.06. The topological polar surface area (TPSA) is 43.1 Å². The Balaban J connectivity index is 2.00. The first kappa shape index (κ1) is 9.58. The predicted octanol–water partition coefficient (Wildman–Crippen LogP) is 2.62. The van der Waals surface area contributed by atoms with E-state index >= 15 is 0 Å². The van der Waals surface area contributed by atoms with Crippen LogP contribution in [0.15, 0.2) is 42.5 Å². The van der Waals surface area contributed by atoms with Gasteiger partial charge in [0.1, 0.15) is 0 Å². The van der Waals surface area contributed by atoms with Crippen LogP contribution in [0.5, 0.6) is 0 Å². The molecule has 1 saturated carbocycles. The Bertz CT molecular complexity index is 441. The molecule has 82 valence electrons. The van der Waals surface area contributed by atoms with E-state index in [1.54, 1.807) is 0 Å². The summed E-state index contributed by atoms with van der Waals surface area (Å²) in [5.41, 5.74) is 1.11. The summed E-state index contributed by atoms with van der Waals surface area (Å²) < 4.78 is 0. The van der Waals surface area contributed by atoms with Crippen molar-refractivity contribution in [3.05, 3.63) is 58.2 Å². The average Bonchev–Trinajstić information content (AvgIpc) is 2.89. The van der Waals surface area contributed by atoms with E-state index < -0.39 is 6.04 Å². The maximum Gasteiger partial charge on any atom is 0.226 e. The van der Waals surface area contributed by atoms with E-state index in [1.165, 1.54) is 0 Å². The molecule has 0 saturated heterocycles. The number of hydrogen-bond donors (Lipinski definition) is 0. The van der Waals surface area contributed by atoms with Crippen molar-refractivity contribution in [2.24, 2.45) is 11.8 Å². The van der Waals surface area contributed by atoms with Gasteiger partial charge in [0.15, 0.2) is 0 Å². The minimum Gasteiger partial charge on any atom is -0.264 e. The highest BCUT2D eigenvalue weighted by Gasteiger charge is 2.52. The van der Waals surface area contributed by atoms with Crippen LogP contribution in [0.4, 0.5) is 0 Å². The number of hydrogen-bond acceptors (Lipinski definition) is 2. The van der Waals surface area contributed by atoms with Crippen molar-refractivity contribution in [2.75, 3.05) is 0 Å². The second-order valence-electron chi connectivity index (χ2n) is 4.66. The van der Waals surface area contributed by atoms with Crippen molar-refractivity contribution < 1.29 is 4.92 Å². The molecular weight excluding hydrogens is 202 g/mol. The van der Waals surface area contributed by atoms with Gasteiger partial charge in [-0.3, -0.25) is 10.1 Å². The van der Waals surface area contributed by atoms with Crippen LogP contribution in [0.25, 0.3) is 0 Å². The molecule has 0 radical (unpaired) electrons. The Morgan fingerprint density at radius 3 is 2.50 bits per heavy atom. The van der Waals surface area contributed by atoms with Gasteiger partial charge in [0.25, 0.3) is 0 Å². The molecule has 2 aliphatic carbocycles. The molecule has 3 heteroatoms. The Labute approximate surface area is 93.9 Å². The maximum atomic E-state index is 11.1. The molecule has 3 rings (SSSR count). The highest BCUT2D eigenvalue weighted by atomic mass is 16.6. The van der Waals surface area contributed by atoms with Crippen LogP contribution in [0, 0.1) is 22.0 Å². The van der Waals surface area contributed by atoms with Crippen molar-refractivity contribution >= 4 is 0 Å². The molecule has 2 aliphatic rings. The first-order valence-electron chi connectivity index (χ1n) is 5.64. The van der Waals surface area contributed by atoms with E-state index in [4.69, 9.17) is 0 Å². The molecule has 0 heterocycles. The lowest BCUT2D eigenvalue weighted by molar-refractivity contribution is -0.530. The first-order chi connectivity index (χ1) is 7.77.